The normalized spacial score (nSPS) is 12.9. The second-order valence-corrected chi connectivity index (χ2v) is 7.00. The predicted molar refractivity (Wildman–Crippen MR) is 114 cm³/mol. The van der Waals surface area contributed by atoms with Gasteiger partial charge in [-0.25, -0.2) is 4.58 Å². The highest BCUT2D eigenvalue weighted by Gasteiger charge is 2.13. The molecule has 1 aliphatic carbocycles. The Kier molecular flexibility index (Phi) is 5.51. The monoisotopic (exact) mass is 357 g/mol. The van der Waals surface area contributed by atoms with Gasteiger partial charge in [0.15, 0.2) is 5.71 Å². The standard InChI is InChI=1S/C24H25N2O/c1-25(2)22-13-9-20(10-14-22)24(19-7-5-18(17-27)6-8-19)21-11-15-23(16-12-21)26(3)4/h5-17H,1-4H3/q+1. The van der Waals surface area contributed by atoms with Crippen LogP contribution in [0.25, 0.3) is 5.57 Å². The van der Waals surface area contributed by atoms with E-state index in [1.165, 1.54) is 0 Å². The van der Waals surface area contributed by atoms with Crippen LogP contribution < -0.4 is 4.90 Å². The highest BCUT2D eigenvalue weighted by Crippen LogP contribution is 2.30. The summed E-state index contributed by atoms with van der Waals surface area (Å²) in [7, 11) is 8.16. The molecule has 2 aromatic carbocycles. The van der Waals surface area contributed by atoms with E-state index in [1.807, 2.05) is 52.5 Å². The molecule has 0 bridgehead atoms. The van der Waals surface area contributed by atoms with Gasteiger partial charge >= 0.3 is 0 Å². The van der Waals surface area contributed by atoms with Crippen molar-refractivity contribution in [2.75, 3.05) is 33.1 Å². The summed E-state index contributed by atoms with van der Waals surface area (Å²) >= 11 is 0. The third kappa shape index (κ3) is 4.14. The molecule has 1 aliphatic rings. The third-order valence-corrected chi connectivity index (χ3v) is 4.68. The molecule has 3 heteroatoms. The number of nitrogens with zero attached hydrogens (tertiary/aromatic N) is 2. The number of carbonyl (C=O) groups is 1. The van der Waals surface area contributed by atoms with Crippen LogP contribution in [0.1, 0.15) is 21.5 Å². The fourth-order valence-corrected chi connectivity index (χ4v) is 3.08. The number of anilines is 1. The fourth-order valence-electron chi connectivity index (χ4n) is 3.08. The molecule has 136 valence electrons. The molecule has 27 heavy (non-hydrogen) atoms. The smallest absolute Gasteiger partial charge is 0.199 e. The number of rotatable bonds is 4. The summed E-state index contributed by atoms with van der Waals surface area (Å²) in [4.78, 5) is 13.1. The predicted octanol–water partition coefficient (Wildman–Crippen LogP) is 4.21. The Morgan fingerprint density at radius 3 is 1.78 bits per heavy atom. The summed E-state index contributed by atoms with van der Waals surface area (Å²) in [6.45, 7) is 0. The number of hydrogen-bond donors (Lipinski definition) is 0. The molecule has 0 aromatic heterocycles. The Morgan fingerprint density at radius 1 is 0.815 bits per heavy atom. The van der Waals surface area contributed by atoms with Gasteiger partial charge in [0.05, 0.1) is 0 Å². The van der Waals surface area contributed by atoms with E-state index < -0.39 is 0 Å². The minimum atomic E-state index is 0.684. The molecule has 3 nitrogen and oxygen atoms in total. The van der Waals surface area contributed by atoms with Gasteiger partial charge in [0.25, 0.3) is 0 Å². The van der Waals surface area contributed by atoms with E-state index in [1.54, 1.807) is 0 Å². The van der Waals surface area contributed by atoms with E-state index in [-0.39, 0.29) is 0 Å². The molecular formula is C24H25N2O+. The van der Waals surface area contributed by atoms with Gasteiger partial charge in [-0.3, -0.25) is 4.79 Å². The van der Waals surface area contributed by atoms with Crippen molar-refractivity contribution in [2.45, 2.75) is 0 Å². The van der Waals surface area contributed by atoms with Crippen molar-refractivity contribution in [1.29, 1.82) is 0 Å². The molecule has 0 saturated heterocycles. The first-order chi connectivity index (χ1) is 13.0. The molecule has 0 amide bonds. The average Bonchev–Trinajstić information content (AvgIpc) is 2.69. The van der Waals surface area contributed by atoms with Gasteiger partial charge in [-0.1, -0.05) is 36.4 Å². The average molecular weight is 357 g/mol. The van der Waals surface area contributed by atoms with Crippen LogP contribution in [0.4, 0.5) is 5.69 Å². The Morgan fingerprint density at radius 2 is 1.33 bits per heavy atom. The molecule has 0 saturated carbocycles. The lowest BCUT2D eigenvalue weighted by Gasteiger charge is -2.16. The molecule has 2 aromatic rings. The number of benzene rings is 2. The minimum absolute atomic E-state index is 0.684. The number of carbonyl (C=O) groups excluding carboxylic acids is 1. The van der Waals surface area contributed by atoms with E-state index in [0.29, 0.717) is 5.56 Å². The molecule has 0 N–H and O–H groups in total. The Labute approximate surface area is 161 Å². The lowest BCUT2D eigenvalue weighted by atomic mass is 9.90. The van der Waals surface area contributed by atoms with E-state index in [2.05, 4.69) is 58.0 Å². The van der Waals surface area contributed by atoms with E-state index in [4.69, 9.17) is 0 Å². The maximum absolute atomic E-state index is 11.0. The summed E-state index contributed by atoms with van der Waals surface area (Å²) in [5.74, 6) is 0. The Hall–Kier alpha value is -3.20. The van der Waals surface area contributed by atoms with Crippen molar-refractivity contribution in [2.24, 2.45) is 0 Å². The van der Waals surface area contributed by atoms with Crippen molar-refractivity contribution >= 4 is 23.3 Å². The van der Waals surface area contributed by atoms with Crippen LogP contribution in [0.2, 0.25) is 0 Å². The first-order valence-corrected chi connectivity index (χ1v) is 8.97. The summed E-state index contributed by atoms with van der Waals surface area (Å²) in [5, 5.41) is 0. The van der Waals surface area contributed by atoms with Gasteiger partial charge in [0, 0.05) is 37.5 Å². The van der Waals surface area contributed by atoms with Crippen LogP contribution in [0.5, 0.6) is 0 Å². The maximum Gasteiger partial charge on any atom is 0.199 e. The van der Waals surface area contributed by atoms with Gasteiger partial charge in [-0.15, -0.1) is 0 Å². The lowest BCUT2D eigenvalue weighted by molar-refractivity contribution is -0.462. The molecule has 0 radical (unpaired) electrons. The van der Waals surface area contributed by atoms with Crippen molar-refractivity contribution in [3.63, 3.8) is 0 Å². The van der Waals surface area contributed by atoms with Crippen molar-refractivity contribution in [3.05, 3.63) is 95.1 Å². The lowest BCUT2D eigenvalue weighted by Crippen LogP contribution is -2.10. The summed E-state index contributed by atoms with van der Waals surface area (Å²) in [5.41, 5.74) is 7.56. The molecule has 0 fully saturated rings. The molecule has 0 heterocycles. The molecule has 3 rings (SSSR count). The van der Waals surface area contributed by atoms with Crippen LogP contribution in [0.15, 0.2) is 78.4 Å². The highest BCUT2D eigenvalue weighted by molar-refractivity contribution is 6.04. The quantitative estimate of drug-likeness (QED) is 0.604. The molecule has 0 atom stereocenters. The summed E-state index contributed by atoms with van der Waals surface area (Å²) in [6.07, 6.45) is 9.43. The minimum Gasteiger partial charge on any atom is -0.378 e. The van der Waals surface area contributed by atoms with Crippen LogP contribution in [0.3, 0.4) is 0 Å². The second-order valence-electron chi connectivity index (χ2n) is 7.00. The Balaban J connectivity index is 2.13. The number of aldehydes is 1. The van der Waals surface area contributed by atoms with Gasteiger partial charge in [0.2, 0.25) is 0 Å². The van der Waals surface area contributed by atoms with Crippen molar-refractivity contribution < 1.29 is 9.37 Å². The van der Waals surface area contributed by atoms with Gasteiger partial charge in [0.1, 0.15) is 20.4 Å². The first kappa shape index (κ1) is 18.6. The van der Waals surface area contributed by atoms with Crippen molar-refractivity contribution in [1.82, 2.24) is 0 Å². The molecule has 0 unspecified atom stereocenters. The van der Waals surface area contributed by atoms with Crippen molar-refractivity contribution in [3.8, 4) is 0 Å². The molecule has 0 spiro atoms. The van der Waals surface area contributed by atoms with Crippen LogP contribution in [-0.2, 0) is 0 Å². The van der Waals surface area contributed by atoms with Gasteiger partial charge in [-0.05, 0) is 46.6 Å². The van der Waals surface area contributed by atoms with Crippen LogP contribution in [-0.4, -0.2) is 44.8 Å². The largest absolute Gasteiger partial charge is 0.378 e. The van der Waals surface area contributed by atoms with E-state index in [0.717, 1.165) is 40.0 Å². The fraction of sp³-hybridized carbons (Fsp3) is 0.167. The highest BCUT2D eigenvalue weighted by atomic mass is 16.1. The SMILES string of the molecule is CN(C)c1ccc(C(=C2C=CC(=[N+](C)C)C=C2)c2ccc(C=O)cc2)cc1. The zero-order chi connectivity index (χ0) is 19.4. The Bertz CT molecular complexity index is 934. The number of hydrogen-bond acceptors (Lipinski definition) is 2. The van der Waals surface area contributed by atoms with Gasteiger partial charge in [-0.2, -0.15) is 0 Å². The third-order valence-electron chi connectivity index (χ3n) is 4.68. The van der Waals surface area contributed by atoms with Crippen LogP contribution in [0, 0.1) is 0 Å². The molecule has 0 aliphatic heterocycles. The first-order valence-electron chi connectivity index (χ1n) is 8.97. The van der Waals surface area contributed by atoms with E-state index in [9.17, 15) is 4.79 Å². The zero-order valence-electron chi connectivity index (χ0n) is 16.3. The summed E-state index contributed by atoms with van der Waals surface area (Å²) < 4.78 is 2.09. The second kappa shape index (κ2) is 8.00. The van der Waals surface area contributed by atoms with Gasteiger partial charge < -0.3 is 4.90 Å². The zero-order valence-corrected chi connectivity index (χ0v) is 16.3. The maximum atomic E-state index is 11.0. The topological polar surface area (TPSA) is 23.3 Å². The summed E-state index contributed by atoms with van der Waals surface area (Å²) in [6, 6.07) is 16.3. The van der Waals surface area contributed by atoms with E-state index >= 15 is 0 Å². The number of allylic oxidation sites excluding steroid dienone is 5. The molecular weight excluding hydrogens is 332 g/mol. The van der Waals surface area contributed by atoms with Crippen LogP contribution >= 0.6 is 0 Å².